The lowest BCUT2D eigenvalue weighted by molar-refractivity contribution is -0.139. The number of nitrogens with one attached hydrogen (secondary N) is 2. The molecule has 210 valence electrons. The van der Waals surface area contributed by atoms with Gasteiger partial charge < -0.3 is 25.1 Å². The van der Waals surface area contributed by atoms with Gasteiger partial charge in [-0.25, -0.2) is 4.79 Å². The van der Waals surface area contributed by atoms with Gasteiger partial charge in [0.1, 0.15) is 6.29 Å². The van der Waals surface area contributed by atoms with Gasteiger partial charge in [0.05, 0.1) is 12.2 Å². The first-order valence-electron chi connectivity index (χ1n) is 14.1. The summed E-state index contributed by atoms with van der Waals surface area (Å²) in [7, 11) is 1.89. The van der Waals surface area contributed by atoms with Crippen molar-refractivity contribution in [3.05, 3.63) is 40.6 Å². The number of carbonyl (C=O) groups excluding carboxylic acids is 2. The molecule has 0 amide bonds. The number of halogens is 1. The Morgan fingerprint density at radius 3 is 2.11 bits per heavy atom. The van der Waals surface area contributed by atoms with Crippen LogP contribution in [0.3, 0.4) is 0 Å². The van der Waals surface area contributed by atoms with Crippen LogP contribution >= 0.6 is 11.6 Å². The summed E-state index contributed by atoms with van der Waals surface area (Å²) in [6, 6.07) is 8.04. The number of carbonyl (C=O) groups is 2. The zero-order chi connectivity index (χ0) is 27.5. The van der Waals surface area contributed by atoms with Crippen molar-refractivity contribution in [1.29, 1.82) is 0 Å². The molecule has 1 aliphatic heterocycles. The molecule has 0 unspecified atom stereocenters. The molecule has 2 fully saturated rings. The number of nitrogens with zero attached hydrogens (tertiary/aromatic N) is 1. The molecular formula is C30H50ClN3O3. The smallest absolute Gasteiger partial charge is 0.335 e. The Morgan fingerprint density at radius 1 is 1.08 bits per heavy atom. The van der Waals surface area contributed by atoms with Crippen LogP contribution in [0.2, 0.25) is 5.02 Å². The van der Waals surface area contributed by atoms with Crippen molar-refractivity contribution in [2.45, 2.75) is 85.5 Å². The predicted molar refractivity (Wildman–Crippen MR) is 156 cm³/mol. The molecule has 1 aromatic carbocycles. The highest BCUT2D eigenvalue weighted by Crippen LogP contribution is 2.57. The third-order valence-electron chi connectivity index (χ3n) is 6.87. The largest absolute Gasteiger partial charge is 0.463 e. The van der Waals surface area contributed by atoms with Crippen LogP contribution in [0.4, 0.5) is 5.69 Å². The summed E-state index contributed by atoms with van der Waals surface area (Å²) in [5, 5.41) is 7.27. The van der Waals surface area contributed by atoms with E-state index in [1.807, 2.05) is 26.1 Å². The molecule has 1 saturated carbocycles. The van der Waals surface area contributed by atoms with Crippen molar-refractivity contribution in [3.63, 3.8) is 0 Å². The molecule has 6 nitrogen and oxygen atoms in total. The van der Waals surface area contributed by atoms with Gasteiger partial charge in [-0.05, 0) is 75.6 Å². The molecule has 1 aromatic rings. The highest BCUT2D eigenvalue weighted by atomic mass is 35.5. The first-order chi connectivity index (χ1) is 17.9. The highest BCUT2D eigenvalue weighted by Gasteiger charge is 2.46. The van der Waals surface area contributed by atoms with Crippen molar-refractivity contribution < 1.29 is 14.3 Å². The van der Waals surface area contributed by atoms with Crippen molar-refractivity contribution >= 4 is 29.5 Å². The number of ether oxygens (including phenoxy) is 1. The summed E-state index contributed by atoms with van der Waals surface area (Å²) in [6.45, 7) is 12.5. The quantitative estimate of drug-likeness (QED) is 0.235. The number of benzene rings is 1. The number of allylic oxidation sites excluding steroid dienone is 1. The van der Waals surface area contributed by atoms with Gasteiger partial charge in [-0.1, -0.05) is 51.1 Å². The van der Waals surface area contributed by atoms with Crippen molar-refractivity contribution in [2.24, 2.45) is 5.41 Å². The van der Waals surface area contributed by atoms with E-state index >= 15 is 0 Å². The van der Waals surface area contributed by atoms with Crippen LogP contribution in [-0.4, -0.2) is 52.1 Å². The van der Waals surface area contributed by atoms with Gasteiger partial charge >= 0.3 is 5.97 Å². The number of rotatable bonds is 7. The van der Waals surface area contributed by atoms with Crippen LogP contribution in [0.15, 0.2) is 35.5 Å². The molecule has 3 aliphatic rings. The normalized spacial score (nSPS) is 17.2. The van der Waals surface area contributed by atoms with Crippen LogP contribution in [0, 0.1) is 5.41 Å². The zero-order valence-electron chi connectivity index (χ0n) is 23.8. The maximum atomic E-state index is 11.8. The van der Waals surface area contributed by atoms with E-state index in [2.05, 4.69) is 41.5 Å². The minimum Gasteiger partial charge on any atom is -0.463 e. The van der Waals surface area contributed by atoms with Gasteiger partial charge in [-0.2, -0.15) is 0 Å². The Bertz CT molecular complexity index is 797. The van der Waals surface area contributed by atoms with Gasteiger partial charge in [0, 0.05) is 49.6 Å². The molecule has 37 heavy (non-hydrogen) atoms. The third kappa shape index (κ3) is 12.8. The molecule has 1 saturated heterocycles. The van der Waals surface area contributed by atoms with E-state index in [0.717, 1.165) is 61.6 Å². The van der Waals surface area contributed by atoms with E-state index in [9.17, 15) is 4.79 Å². The van der Waals surface area contributed by atoms with Gasteiger partial charge in [-0.15, -0.1) is 0 Å². The minimum atomic E-state index is -0.118. The first kappa shape index (κ1) is 33.0. The monoisotopic (exact) mass is 535 g/mol. The fraction of sp³-hybridized carbons (Fsp3) is 0.667. The van der Waals surface area contributed by atoms with Crippen molar-refractivity contribution in [3.8, 4) is 0 Å². The molecule has 0 aromatic heterocycles. The Labute approximate surface area is 230 Å². The average molecular weight is 536 g/mol. The Morgan fingerprint density at radius 2 is 1.65 bits per heavy atom. The number of hydrogen-bond donors (Lipinski definition) is 2. The van der Waals surface area contributed by atoms with Gasteiger partial charge in [-0.3, -0.25) is 0 Å². The predicted octanol–water partition coefficient (Wildman–Crippen LogP) is 6.53. The van der Waals surface area contributed by atoms with Crippen LogP contribution in [0.5, 0.6) is 0 Å². The lowest BCUT2D eigenvalue weighted by atomic mass is 9.84. The first-order valence-corrected chi connectivity index (χ1v) is 14.5. The van der Waals surface area contributed by atoms with Crippen molar-refractivity contribution in [2.75, 3.05) is 44.7 Å². The number of piperazine rings is 1. The molecule has 2 aliphatic carbocycles. The second-order valence-electron chi connectivity index (χ2n) is 9.76. The van der Waals surface area contributed by atoms with E-state index in [-0.39, 0.29) is 5.97 Å². The summed E-state index contributed by atoms with van der Waals surface area (Å²) >= 11 is 5.82. The second kappa shape index (κ2) is 19.1. The fourth-order valence-electron chi connectivity index (χ4n) is 4.48. The summed E-state index contributed by atoms with van der Waals surface area (Å²) in [5.41, 5.74) is 3.71. The van der Waals surface area contributed by atoms with Crippen LogP contribution in [-0.2, 0) is 14.3 Å². The molecular weight excluding hydrogens is 486 g/mol. The van der Waals surface area contributed by atoms with E-state index in [1.165, 1.54) is 57.6 Å². The zero-order valence-corrected chi connectivity index (χ0v) is 24.6. The van der Waals surface area contributed by atoms with E-state index < -0.39 is 0 Å². The van der Waals surface area contributed by atoms with Gasteiger partial charge in [0.2, 0.25) is 0 Å². The van der Waals surface area contributed by atoms with Crippen molar-refractivity contribution in [1.82, 2.24) is 10.6 Å². The molecule has 0 atom stereocenters. The lowest BCUT2D eigenvalue weighted by Crippen LogP contribution is -2.43. The number of aldehydes is 1. The number of unbranched alkanes of at least 4 members (excludes halogenated alkanes) is 3. The molecule has 0 radical (unpaired) electrons. The SMILES string of the molecule is CC=O.CCCCCC.CCOC(=O)C1=C(NC)CCC2(CC2)C1.Clc1ccc(N2CCNCC2)cc1. The summed E-state index contributed by atoms with van der Waals surface area (Å²) in [5.74, 6) is -0.118. The molecule has 1 heterocycles. The topological polar surface area (TPSA) is 70.7 Å². The summed E-state index contributed by atoms with van der Waals surface area (Å²) in [6.07, 6.45) is 12.0. The van der Waals surface area contributed by atoms with E-state index in [4.69, 9.17) is 21.1 Å². The summed E-state index contributed by atoms with van der Waals surface area (Å²) < 4.78 is 5.10. The second-order valence-corrected chi connectivity index (χ2v) is 10.2. The Balaban J connectivity index is 0.000000283. The Hall–Kier alpha value is -2.05. The maximum Gasteiger partial charge on any atom is 0.335 e. The summed E-state index contributed by atoms with van der Waals surface area (Å²) in [4.78, 5) is 22.9. The highest BCUT2D eigenvalue weighted by molar-refractivity contribution is 6.30. The molecule has 2 N–H and O–H groups in total. The molecule has 1 spiro atoms. The fourth-order valence-corrected chi connectivity index (χ4v) is 4.61. The lowest BCUT2D eigenvalue weighted by Gasteiger charge is -2.29. The third-order valence-corrected chi connectivity index (χ3v) is 7.12. The molecule has 4 rings (SSSR count). The molecule has 7 heteroatoms. The molecule has 0 bridgehead atoms. The number of anilines is 1. The van der Waals surface area contributed by atoms with Gasteiger partial charge in [0.25, 0.3) is 0 Å². The average Bonchev–Trinajstić information content (AvgIpc) is 3.68. The maximum absolute atomic E-state index is 11.8. The number of hydrogen-bond acceptors (Lipinski definition) is 6. The van der Waals surface area contributed by atoms with Gasteiger partial charge in [0.15, 0.2) is 0 Å². The standard InChI is InChI=1S/C12H19NO2.C10H13ClN2.C6H14.C2H4O/c1-3-15-11(14)9-8-12(6-7-12)5-4-10(9)13-2;11-9-1-3-10(4-2-9)13-7-5-12-6-8-13;1-3-5-6-4-2;1-2-3/h13H,3-8H2,1-2H3;1-4,12H,5-8H2;3-6H2,1-2H3;2H,1H3. The van der Waals surface area contributed by atoms with Crippen LogP contribution in [0.25, 0.3) is 0 Å². The van der Waals surface area contributed by atoms with Crippen LogP contribution < -0.4 is 15.5 Å². The Kier molecular flexibility index (Phi) is 17.0. The minimum absolute atomic E-state index is 0.118. The van der Waals surface area contributed by atoms with E-state index in [1.54, 1.807) is 0 Å². The van der Waals surface area contributed by atoms with E-state index in [0.29, 0.717) is 12.0 Å². The van der Waals surface area contributed by atoms with Crippen LogP contribution in [0.1, 0.15) is 85.5 Å². The number of esters is 1.